The number of primary amides is 1. The quantitative estimate of drug-likeness (QED) is 0.903. The topological polar surface area (TPSA) is 94.3 Å². The van der Waals surface area contributed by atoms with Crippen molar-refractivity contribution in [1.82, 2.24) is 4.98 Å². The molecule has 0 unspecified atom stereocenters. The second-order valence-corrected chi connectivity index (χ2v) is 4.83. The molecule has 1 aromatic carbocycles. The highest BCUT2D eigenvalue weighted by Gasteiger charge is 2.17. The van der Waals surface area contributed by atoms with E-state index in [0.29, 0.717) is 5.13 Å². The molecule has 0 bridgehead atoms. The minimum Gasteiger partial charge on any atom is -0.437 e. The van der Waals surface area contributed by atoms with E-state index in [2.05, 4.69) is 15.0 Å². The minimum atomic E-state index is -0.989. The van der Waals surface area contributed by atoms with Crippen LogP contribution in [-0.2, 0) is 9.53 Å². The summed E-state index contributed by atoms with van der Waals surface area (Å²) < 4.78 is 4.58. The van der Waals surface area contributed by atoms with Crippen LogP contribution in [0.1, 0.15) is 6.92 Å². The summed E-state index contributed by atoms with van der Waals surface area (Å²) in [5.74, 6) is -0.474. The smallest absolute Gasteiger partial charge is 0.405 e. The van der Waals surface area contributed by atoms with Gasteiger partial charge in [-0.3, -0.25) is 10.1 Å². The van der Waals surface area contributed by atoms with Crippen molar-refractivity contribution >= 4 is 28.5 Å². The van der Waals surface area contributed by atoms with Crippen LogP contribution < -0.4 is 11.1 Å². The number of nitrogens with zero attached hydrogens (tertiary/aromatic N) is 1. The fraction of sp³-hybridized carbons (Fsp3) is 0.154. The van der Waals surface area contributed by atoms with Gasteiger partial charge >= 0.3 is 6.09 Å². The molecular weight excluding hydrogens is 278 g/mol. The van der Waals surface area contributed by atoms with Gasteiger partial charge in [-0.25, -0.2) is 9.78 Å². The molecule has 1 atom stereocenters. The van der Waals surface area contributed by atoms with E-state index >= 15 is 0 Å². The summed E-state index contributed by atoms with van der Waals surface area (Å²) >= 11 is 1.29. The lowest BCUT2D eigenvalue weighted by atomic mass is 10.2. The second-order valence-electron chi connectivity index (χ2n) is 3.97. The van der Waals surface area contributed by atoms with Gasteiger partial charge in [0.2, 0.25) is 0 Å². The molecule has 3 N–H and O–H groups in total. The Morgan fingerprint density at radius 1 is 1.35 bits per heavy atom. The van der Waals surface area contributed by atoms with E-state index in [1.807, 2.05) is 35.7 Å². The van der Waals surface area contributed by atoms with Gasteiger partial charge < -0.3 is 10.5 Å². The number of amides is 2. The largest absolute Gasteiger partial charge is 0.437 e. The number of anilines is 1. The number of thiazole rings is 1. The summed E-state index contributed by atoms with van der Waals surface area (Å²) in [6, 6.07) is 9.60. The number of carbonyl (C=O) groups is 2. The Morgan fingerprint density at radius 3 is 2.70 bits per heavy atom. The monoisotopic (exact) mass is 291 g/mol. The molecule has 6 nitrogen and oxygen atoms in total. The van der Waals surface area contributed by atoms with Crippen molar-refractivity contribution in [3.8, 4) is 11.3 Å². The summed E-state index contributed by atoms with van der Waals surface area (Å²) in [5.41, 5.74) is 6.59. The van der Waals surface area contributed by atoms with Crippen molar-refractivity contribution < 1.29 is 14.3 Å². The molecule has 0 saturated carbocycles. The molecule has 0 fully saturated rings. The Kier molecular flexibility index (Phi) is 4.31. The van der Waals surface area contributed by atoms with Gasteiger partial charge in [0.25, 0.3) is 5.91 Å². The number of ether oxygens (including phenoxy) is 1. The molecular formula is C13H13N3O3S. The van der Waals surface area contributed by atoms with Crippen LogP contribution in [0.25, 0.3) is 11.3 Å². The number of rotatable bonds is 4. The van der Waals surface area contributed by atoms with Crippen LogP contribution >= 0.6 is 11.3 Å². The number of hydrogen-bond donors (Lipinski definition) is 2. The molecule has 1 heterocycles. The maximum atomic E-state index is 11.7. The molecule has 104 valence electrons. The second kappa shape index (κ2) is 6.16. The Labute approximate surface area is 119 Å². The minimum absolute atomic E-state index is 0.439. The van der Waals surface area contributed by atoms with Crippen molar-refractivity contribution in [3.05, 3.63) is 35.7 Å². The standard InChI is InChI=1S/C13H13N3O3S/c1-8(19-12(14)18)11(17)16-13-15-10(7-20-13)9-5-3-2-4-6-9/h2-8H,1H3,(H2,14,18)(H,15,16,17)/t8-/m0/s1. The van der Waals surface area contributed by atoms with Crippen molar-refractivity contribution in [2.45, 2.75) is 13.0 Å². The van der Waals surface area contributed by atoms with Gasteiger partial charge in [0.1, 0.15) is 0 Å². The molecule has 1 aromatic heterocycles. The van der Waals surface area contributed by atoms with Gasteiger partial charge in [0.15, 0.2) is 11.2 Å². The molecule has 2 amide bonds. The normalized spacial score (nSPS) is 11.7. The highest BCUT2D eigenvalue weighted by molar-refractivity contribution is 7.14. The predicted octanol–water partition coefficient (Wildman–Crippen LogP) is 2.23. The lowest BCUT2D eigenvalue weighted by Crippen LogP contribution is -2.31. The van der Waals surface area contributed by atoms with E-state index in [1.165, 1.54) is 18.3 Å². The third kappa shape index (κ3) is 3.55. The Bertz CT molecular complexity index is 612. The number of aromatic nitrogens is 1. The zero-order valence-electron chi connectivity index (χ0n) is 10.7. The lowest BCUT2D eigenvalue weighted by Gasteiger charge is -2.09. The third-order valence-electron chi connectivity index (χ3n) is 2.47. The van der Waals surface area contributed by atoms with E-state index in [1.54, 1.807) is 0 Å². The van der Waals surface area contributed by atoms with Crippen LogP contribution in [-0.4, -0.2) is 23.1 Å². The van der Waals surface area contributed by atoms with Gasteiger partial charge in [-0.1, -0.05) is 30.3 Å². The number of carbonyl (C=O) groups excluding carboxylic acids is 2. The van der Waals surface area contributed by atoms with Crippen molar-refractivity contribution in [2.75, 3.05) is 5.32 Å². The highest BCUT2D eigenvalue weighted by atomic mass is 32.1. The van der Waals surface area contributed by atoms with Crippen LogP contribution in [0.5, 0.6) is 0 Å². The first-order valence-electron chi connectivity index (χ1n) is 5.84. The molecule has 7 heteroatoms. The average Bonchev–Trinajstić information content (AvgIpc) is 2.87. The highest BCUT2D eigenvalue weighted by Crippen LogP contribution is 2.24. The third-order valence-corrected chi connectivity index (χ3v) is 3.22. The maximum absolute atomic E-state index is 11.7. The first-order valence-corrected chi connectivity index (χ1v) is 6.72. The average molecular weight is 291 g/mol. The molecule has 20 heavy (non-hydrogen) atoms. The zero-order chi connectivity index (χ0) is 14.5. The first-order chi connectivity index (χ1) is 9.56. The number of hydrogen-bond acceptors (Lipinski definition) is 5. The van der Waals surface area contributed by atoms with E-state index in [0.717, 1.165) is 11.3 Å². The summed E-state index contributed by atoms with van der Waals surface area (Å²) in [4.78, 5) is 26.6. The fourth-order valence-electron chi connectivity index (χ4n) is 1.51. The van der Waals surface area contributed by atoms with Crippen LogP contribution in [0.4, 0.5) is 9.93 Å². The SMILES string of the molecule is C[C@H](OC(N)=O)C(=O)Nc1nc(-c2ccccc2)cs1. The maximum Gasteiger partial charge on any atom is 0.405 e. The van der Waals surface area contributed by atoms with Crippen molar-refractivity contribution in [3.63, 3.8) is 0 Å². The van der Waals surface area contributed by atoms with Gasteiger partial charge in [-0.15, -0.1) is 11.3 Å². The lowest BCUT2D eigenvalue weighted by molar-refractivity contribution is -0.123. The molecule has 2 aromatic rings. The molecule has 0 saturated heterocycles. The Morgan fingerprint density at radius 2 is 2.05 bits per heavy atom. The van der Waals surface area contributed by atoms with E-state index in [-0.39, 0.29) is 0 Å². The van der Waals surface area contributed by atoms with Crippen LogP contribution in [0.3, 0.4) is 0 Å². The Balaban J connectivity index is 2.03. The molecule has 0 aliphatic carbocycles. The van der Waals surface area contributed by atoms with Crippen LogP contribution in [0.15, 0.2) is 35.7 Å². The summed E-state index contributed by atoms with van der Waals surface area (Å²) in [7, 11) is 0. The summed E-state index contributed by atoms with van der Waals surface area (Å²) in [6.07, 6.45) is -1.95. The fourth-order valence-corrected chi connectivity index (χ4v) is 2.23. The molecule has 0 radical (unpaired) electrons. The molecule has 0 aliphatic heterocycles. The van der Waals surface area contributed by atoms with E-state index in [4.69, 9.17) is 5.73 Å². The van der Waals surface area contributed by atoms with Gasteiger partial charge in [-0.2, -0.15) is 0 Å². The van der Waals surface area contributed by atoms with Gasteiger partial charge in [-0.05, 0) is 6.92 Å². The zero-order valence-corrected chi connectivity index (χ0v) is 11.5. The van der Waals surface area contributed by atoms with Crippen LogP contribution in [0.2, 0.25) is 0 Å². The van der Waals surface area contributed by atoms with E-state index in [9.17, 15) is 9.59 Å². The first kappa shape index (κ1) is 14.0. The Hall–Kier alpha value is -2.41. The number of nitrogens with one attached hydrogen (secondary N) is 1. The number of benzene rings is 1. The van der Waals surface area contributed by atoms with Crippen LogP contribution in [0, 0.1) is 0 Å². The van der Waals surface area contributed by atoms with E-state index < -0.39 is 18.1 Å². The summed E-state index contributed by atoms with van der Waals surface area (Å²) in [5, 5.41) is 4.85. The van der Waals surface area contributed by atoms with Gasteiger partial charge in [0.05, 0.1) is 5.69 Å². The summed E-state index contributed by atoms with van der Waals surface area (Å²) in [6.45, 7) is 1.44. The van der Waals surface area contributed by atoms with Gasteiger partial charge in [0, 0.05) is 10.9 Å². The number of nitrogens with two attached hydrogens (primary N) is 1. The molecule has 0 spiro atoms. The molecule has 2 rings (SSSR count). The molecule has 0 aliphatic rings. The van der Waals surface area contributed by atoms with Crippen molar-refractivity contribution in [1.29, 1.82) is 0 Å². The predicted molar refractivity (Wildman–Crippen MR) is 76.3 cm³/mol. The van der Waals surface area contributed by atoms with Crippen molar-refractivity contribution in [2.24, 2.45) is 5.73 Å².